The fourth-order valence-corrected chi connectivity index (χ4v) is 4.02. The fraction of sp³-hybridized carbons (Fsp3) is 1.00. The third-order valence-corrected chi connectivity index (χ3v) is 5.87. The Morgan fingerprint density at radius 1 is 1.29 bits per heavy atom. The predicted octanol–water partition coefficient (Wildman–Crippen LogP) is 1.82. The highest BCUT2D eigenvalue weighted by Crippen LogP contribution is 2.39. The van der Waals surface area contributed by atoms with E-state index in [1.165, 1.54) is 0 Å². The van der Waals surface area contributed by atoms with Crippen LogP contribution in [-0.2, 0) is 9.84 Å². The maximum absolute atomic E-state index is 14.6. The summed E-state index contributed by atoms with van der Waals surface area (Å²) in [7, 11) is -2.94. The monoisotopic (exact) mass is 263 g/mol. The summed E-state index contributed by atoms with van der Waals surface area (Å²) < 4.78 is 37.3. The Labute approximate surface area is 103 Å². The molecule has 3 nitrogen and oxygen atoms in total. The molecule has 0 amide bonds. The first kappa shape index (κ1) is 13.3. The third kappa shape index (κ3) is 3.41. The van der Waals surface area contributed by atoms with Gasteiger partial charge in [-0.3, -0.25) is 0 Å². The molecule has 2 bridgehead atoms. The lowest BCUT2D eigenvalue weighted by Gasteiger charge is -2.35. The van der Waals surface area contributed by atoms with Crippen LogP contribution in [0.3, 0.4) is 0 Å². The third-order valence-electron chi connectivity index (χ3n) is 4.08. The molecule has 17 heavy (non-hydrogen) atoms. The van der Waals surface area contributed by atoms with E-state index in [9.17, 15) is 12.8 Å². The molecule has 2 aliphatic rings. The average molecular weight is 263 g/mol. The normalized spacial score (nSPS) is 37.3. The van der Waals surface area contributed by atoms with Crippen molar-refractivity contribution in [3.05, 3.63) is 0 Å². The summed E-state index contributed by atoms with van der Waals surface area (Å²) in [6.07, 6.45) is 4.14. The maximum atomic E-state index is 14.6. The van der Waals surface area contributed by atoms with Gasteiger partial charge in [-0.1, -0.05) is 6.92 Å². The Morgan fingerprint density at radius 3 is 2.41 bits per heavy atom. The number of alkyl halides is 1. The summed E-state index contributed by atoms with van der Waals surface area (Å²) in [5, 5.41) is 3.41. The Hall–Kier alpha value is -0.160. The van der Waals surface area contributed by atoms with E-state index in [-0.39, 0.29) is 11.5 Å². The standard InChI is InChI=1S/C12H22FNO2S/c1-2-17(15,16)7-3-6-12(13)8-10-4-5-11(9-12)14-10/h10-11,14H,2-9H2,1H3. The Balaban J connectivity index is 1.82. The molecule has 0 aliphatic carbocycles. The van der Waals surface area contributed by atoms with Crippen LogP contribution in [0.1, 0.15) is 45.4 Å². The van der Waals surface area contributed by atoms with E-state index in [4.69, 9.17) is 0 Å². The van der Waals surface area contributed by atoms with Crippen molar-refractivity contribution in [1.82, 2.24) is 5.32 Å². The molecule has 0 radical (unpaired) electrons. The van der Waals surface area contributed by atoms with Crippen LogP contribution in [0.2, 0.25) is 0 Å². The highest BCUT2D eigenvalue weighted by Gasteiger charge is 2.43. The van der Waals surface area contributed by atoms with Crippen molar-refractivity contribution in [3.8, 4) is 0 Å². The molecule has 2 fully saturated rings. The molecule has 2 heterocycles. The molecule has 2 unspecified atom stereocenters. The lowest BCUT2D eigenvalue weighted by molar-refractivity contribution is 0.0789. The summed E-state index contributed by atoms with van der Waals surface area (Å²) in [6, 6.07) is 0.642. The number of halogens is 1. The van der Waals surface area contributed by atoms with Crippen molar-refractivity contribution in [1.29, 1.82) is 0 Å². The van der Waals surface area contributed by atoms with Crippen LogP contribution in [0.5, 0.6) is 0 Å². The Kier molecular flexibility index (Phi) is 3.78. The minimum atomic E-state index is -2.94. The number of nitrogens with one attached hydrogen (secondary N) is 1. The van der Waals surface area contributed by atoms with E-state index in [2.05, 4.69) is 5.32 Å². The SMILES string of the molecule is CCS(=O)(=O)CCCC1(F)CC2CCC(C1)N2. The summed E-state index contributed by atoms with van der Waals surface area (Å²) in [5.41, 5.74) is -1.12. The van der Waals surface area contributed by atoms with Crippen LogP contribution in [0, 0.1) is 0 Å². The van der Waals surface area contributed by atoms with Gasteiger partial charge in [-0.05, 0) is 38.5 Å². The summed E-state index contributed by atoms with van der Waals surface area (Å²) >= 11 is 0. The van der Waals surface area contributed by atoms with E-state index >= 15 is 0 Å². The molecule has 2 rings (SSSR count). The molecule has 2 saturated heterocycles. The summed E-state index contributed by atoms with van der Waals surface area (Å²) in [4.78, 5) is 0. The number of hydrogen-bond donors (Lipinski definition) is 1. The van der Waals surface area contributed by atoms with Crippen molar-refractivity contribution in [2.75, 3.05) is 11.5 Å². The molecule has 0 aromatic carbocycles. The Bertz CT molecular complexity index is 357. The summed E-state index contributed by atoms with van der Waals surface area (Å²) in [5.74, 6) is 0.303. The number of hydrogen-bond acceptors (Lipinski definition) is 3. The van der Waals surface area contributed by atoms with Gasteiger partial charge < -0.3 is 5.32 Å². The number of fused-ring (bicyclic) bond motifs is 2. The van der Waals surface area contributed by atoms with Crippen LogP contribution in [0.25, 0.3) is 0 Å². The van der Waals surface area contributed by atoms with E-state index < -0.39 is 15.5 Å². The van der Waals surface area contributed by atoms with Crippen molar-refractivity contribution in [3.63, 3.8) is 0 Å². The molecule has 0 saturated carbocycles. The summed E-state index contributed by atoms with van der Waals surface area (Å²) in [6.45, 7) is 1.64. The van der Waals surface area contributed by atoms with Gasteiger partial charge in [0.05, 0.1) is 5.75 Å². The van der Waals surface area contributed by atoms with Crippen LogP contribution in [-0.4, -0.2) is 37.7 Å². The molecule has 2 aliphatic heterocycles. The van der Waals surface area contributed by atoms with Gasteiger partial charge in [0.15, 0.2) is 0 Å². The lowest BCUT2D eigenvalue weighted by atomic mass is 9.86. The molecule has 2 atom stereocenters. The van der Waals surface area contributed by atoms with Crippen LogP contribution in [0.4, 0.5) is 4.39 Å². The van der Waals surface area contributed by atoms with E-state index in [1.54, 1.807) is 6.92 Å². The smallest absolute Gasteiger partial charge is 0.150 e. The average Bonchev–Trinajstić information content (AvgIpc) is 2.58. The quantitative estimate of drug-likeness (QED) is 0.823. The topological polar surface area (TPSA) is 46.2 Å². The molecule has 5 heteroatoms. The minimum Gasteiger partial charge on any atom is -0.311 e. The van der Waals surface area contributed by atoms with Crippen LogP contribution in [0.15, 0.2) is 0 Å². The van der Waals surface area contributed by atoms with Crippen molar-refractivity contribution in [2.24, 2.45) is 0 Å². The second-order valence-electron chi connectivity index (χ2n) is 5.54. The molecular weight excluding hydrogens is 241 g/mol. The van der Waals surface area contributed by atoms with Gasteiger partial charge in [0.2, 0.25) is 0 Å². The second kappa shape index (κ2) is 4.84. The molecule has 0 aromatic rings. The van der Waals surface area contributed by atoms with Crippen LogP contribution < -0.4 is 5.32 Å². The van der Waals surface area contributed by atoms with Gasteiger partial charge in [0, 0.05) is 17.8 Å². The van der Waals surface area contributed by atoms with Gasteiger partial charge in [0.1, 0.15) is 15.5 Å². The zero-order valence-electron chi connectivity index (χ0n) is 10.4. The van der Waals surface area contributed by atoms with Crippen molar-refractivity contribution in [2.45, 2.75) is 63.2 Å². The van der Waals surface area contributed by atoms with E-state index in [1.807, 2.05) is 0 Å². The number of rotatable bonds is 5. The minimum absolute atomic E-state index is 0.137. The van der Waals surface area contributed by atoms with Gasteiger partial charge >= 0.3 is 0 Å². The molecule has 100 valence electrons. The maximum Gasteiger partial charge on any atom is 0.150 e. The van der Waals surface area contributed by atoms with Gasteiger partial charge in [-0.15, -0.1) is 0 Å². The van der Waals surface area contributed by atoms with Gasteiger partial charge in [-0.2, -0.15) is 0 Å². The van der Waals surface area contributed by atoms with Gasteiger partial charge in [0.25, 0.3) is 0 Å². The zero-order valence-corrected chi connectivity index (χ0v) is 11.2. The first-order valence-corrected chi connectivity index (χ1v) is 8.40. The molecule has 1 N–H and O–H groups in total. The second-order valence-corrected chi connectivity index (χ2v) is 8.01. The van der Waals surface area contributed by atoms with E-state index in [0.717, 1.165) is 12.8 Å². The highest BCUT2D eigenvalue weighted by atomic mass is 32.2. The zero-order chi connectivity index (χ0) is 12.5. The van der Waals surface area contributed by atoms with Crippen molar-refractivity contribution >= 4 is 9.84 Å². The molecule has 0 spiro atoms. The number of piperidine rings is 1. The molecular formula is C12H22FNO2S. The number of sulfone groups is 1. The highest BCUT2D eigenvalue weighted by molar-refractivity contribution is 7.91. The largest absolute Gasteiger partial charge is 0.311 e. The first-order valence-electron chi connectivity index (χ1n) is 6.58. The van der Waals surface area contributed by atoms with Gasteiger partial charge in [-0.25, -0.2) is 12.8 Å². The molecule has 0 aromatic heterocycles. The predicted molar refractivity (Wildman–Crippen MR) is 66.6 cm³/mol. The van der Waals surface area contributed by atoms with Crippen LogP contribution >= 0.6 is 0 Å². The lowest BCUT2D eigenvalue weighted by Crippen LogP contribution is -2.46. The van der Waals surface area contributed by atoms with Crippen molar-refractivity contribution < 1.29 is 12.8 Å². The Morgan fingerprint density at radius 2 is 1.88 bits per heavy atom. The fourth-order valence-electron chi connectivity index (χ4n) is 3.15. The van der Waals surface area contributed by atoms with E-state index in [0.29, 0.717) is 37.8 Å². The first-order chi connectivity index (χ1) is 7.92.